The number of halogens is 1. The van der Waals surface area contributed by atoms with Gasteiger partial charge in [0, 0.05) is 13.1 Å². The van der Waals surface area contributed by atoms with Gasteiger partial charge in [0.15, 0.2) is 0 Å². The molecule has 1 aliphatic heterocycles. The molecule has 6 heteroatoms. The van der Waals surface area contributed by atoms with Crippen molar-refractivity contribution >= 4 is 13.2 Å². The molecule has 0 aliphatic carbocycles. The molecule has 0 spiro atoms. The molecule has 0 unspecified atom stereocenters. The first kappa shape index (κ1) is 17.2. The Bertz CT molecular complexity index is 572. The van der Waals surface area contributed by atoms with Crippen LogP contribution < -0.4 is 11.5 Å². The van der Waals surface area contributed by atoms with Gasteiger partial charge in [0.1, 0.15) is 5.82 Å². The molecule has 0 saturated carbocycles. The maximum atomic E-state index is 13.3. The van der Waals surface area contributed by atoms with Crippen LogP contribution in [0.2, 0.25) is 0 Å². The van der Waals surface area contributed by atoms with Crippen molar-refractivity contribution in [3.63, 3.8) is 0 Å². The zero-order chi connectivity index (χ0) is 16.5. The van der Waals surface area contributed by atoms with Crippen LogP contribution in [0.25, 0.3) is 6.08 Å². The van der Waals surface area contributed by atoms with Crippen molar-refractivity contribution in [1.29, 1.82) is 0 Å². The third-order valence-corrected chi connectivity index (χ3v) is 4.46. The first-order valence-electron chi connectivity index (χ1n) is 7.45. The van der Waals surface area contributed by atoms with Crippen molar-refractivity contribution < 1.29 is 13.7 Å². The van der Waals surface area contributed by atoms with Crippen molar-refractivity contribution in [3.05, 3.63) is 40.6 Å². The molecule has 1 aromatic carbocycles. The summed E-state index contributed by atoms with van der Waals surface area (Å²) < 4.78 is 25.3. The Morgan fingerprint density at radius 1 is 1.18 bits per heavy atom. The van der Waals surface area contributed by atoms with Crippen molar-refractivity contribution in [2.45, 2.75) is 45.4 Å². The summed E-state index contributed by atoms with van der Waals surface area (Å²) in [6.45, 7) is 8.51. The lowest BCUT2D eigenvalue weighted by Gasteiger charge is -2.32. The van der Waals surface area contributed by atoms with Crippen LogP contribution >= 0.6 is 0 Å². The normalized spacial score (nSPS) is 20.5. The third kappa shape index (κ3) is 3.25. The summed E-state index contributed by atoms with van der Waals surface area (Å²) in [5.41, 5.74) is 13.1. The lowest BCUT2D eigenvalue weighted by atomic mass is 9.77. The second kappa shape index (κ2) is 6.12. The van der Waals surface area contributed by atoms with E-state index in [1.54, 1.807) is 6.07 Å². The van der Waals surface area contributed by atoms with Crippen LogP contribution in [0.5, 0.6) is 0 Å². The van der Waals surface area contributed by atoms with E-state index in [0.717, 1.165) is 16.6 Å². The van der Waals surface area contributed by atoms with Crippen LogP contribution in [-0.4, -0.2) is 24.9 Å². The third-order valence-electron chi connectivity index (χ3n) is 4.46. The fourth-order valence-corrected chi connectivity index (χ4v) is 2.31. The topological polar surface area (TPSA) is 70.5 Å². The lowest BCUT2D eigenvalue weighted by Crippen LogP contribution is -2.41. The molecule has 0 radical (unpaired) electrons. The molecule has 120 valence electrons. The van der Waals surface area contributed by atoms with E-state index in [-0.39, 0.29) is 18.9 Å². The van der Waals surface area contributed by atoms with Crippen molar-refractivity contribution in [2.75, 3.05) is 6.54 Å². The summed E-state index contributed by atoms with van der Waals surface area (Å²) in [5, 5.41) is 0. The van der Waals surface area contributed by atoms with E-state index in [4.69, 9.17) is 20.8 Å². The van der Waals surface area contributed by atoms with Gasteiger partial charge in [0.05, 0.1) is 11.2 Å². The monoisotopic (exact) mass is 306 g/mol. The van der Waals surface area contributed by atoms with E-state index in [2.05, 4.69) is 0 Å². The summed E-state index contributed by atoms with van der Waals surface area (Å²) in [6.07, 6.45) is 1.88. The predicted octanol–water partition coefficient (Wildman–Crippen LogP) is 2.26. The summed E-state index contributed by atoms with van der Waals surface area (Å²) in [5.74, 6) is -0.303. The number of hydrogen-bond acceptors (Lipinski definition) is 4. The van der Waals surface area contributed by atoms with Crippen LogP contribution in [0.15, 0.2) is 23.7 Å². The van der Waals surface area contributed by atoms with Gasteiger partial charge in [-0.15, -0.1) is 0 Å². The minimum atomic E-state index is -0.509. The molecule has 2 rings (SSSR count). The molecule has 1 heterocycles. The van der Waals surface area contributed by atoms with Crippen molar-refractivity contribution in [1.82, 2.24) is 0 Å². The zero-order valence-corrected chi connectivity index (χ0v) is 13.7. The van der Waals surface area contributed by atoms with Gasteiger partial charge in [-0.05, 0) is 56.4 Å². The van der Waals surface area contributed by atoms with Gasteiger partial charge in [0.25, 0.3) is 0 Å². The number of benzene rings is 1. The highest BCUT2D eigenvalue weighted by atomic mass is 19.1. The summed E-state index contributed by atoms with van der Waals surface area (Å²) in [6, 6.07) is 4.53. The van der Waals surface area contributed by atoms with Crippen molar-refractivity contribution in [3.8, 4) is 0 Å². The van der Waals surface area contributed by atoms with Crippen LogP contribution in [-0.2, 0) is 15.9 Å². The van der Waals surface area contributed by atoms with Gasteiger partial charge >= 0.3 is 7.12 Å². The zero-order valence-electron chi connectivity index (χ0n) is 13.7. The van der Waals surface area contributed by atoms with Gasteiger partial charge < -0.3 is 20.8 Å². The fourth-order valence-electron chi connectivity index (χ4n) is 2.31. The maximum Gasteiger partial charge on any atom is 0.491 e. The van der Waals surface area contributed by atoms with Gasteiger partial charge in [-0.1, -0.05) is 12.1 Å². The fraction of sp³-hybridized carbons (Fsp3) is 0.500. The SMILES string of the molecule is CC1(C)OB(C(=Cc2ccc(F)cc2CN)CN)OC1(C)C. The molecule has 0 bridgehead atoms. The van der Waals surface area contributed by atoms with E-state index in [0.29, 0.717) is 0 Å². The van der Waals surface area contributed by atoms with Crippen LogP contribution in [0.3, 0.4) is 0 Å². The van der Waals surface area contributed by atoms with E-state index in [9.17, 15) is 4.39 Å². The molecule has 0 amide bonds. The Labute approximate surface area is 131 Å². The minimum absolute atomic E-state index is 0.255. The van der Waals surface area contributed by atoms with E-state index >= 15 is 0 Å². The Hall–Kier alpha value is -1.21. The summed E-state index contributed by atoms with van der Waals surface area (Å²) in [4.78, 5) is 0. The van der Waals surface area contributed by atoms with Gasteiger partial charge in [0.2, 0.25) is 0 Å². The molecular formula is C16H24BFN2O2. The molecule has 4 nitrogen and oxygen atoms in total. The van der Waals surface area contributed by atoms with E-state index in [1.807, 2.05) is 33.8 Å². The predicted molar refractivity (Wildman–Crippen MR) is 87.4 cm³/mol. The Morgan fingerprint density at radius 3 is 2.27 bits per heavy atom. The smallest absolute Gasteiger partial charge is 0.400 e. The van der Waals surface area contributed by atoms with E-state index in [1.165, 1.54) is 12.1 Å². The minimum Gasteiger partial charge on any atom is -0.400 e. The number of nitrogens with two attached hydrogens (primary N) is 2. The van der Waals surface area contributed by atoms with Gasteiger partial charge in [-0.3, -0.25) is 0 Å². The molecule has 1 aromatic rings. The average molecular weight is 306 g/mol. The largest absolute Gasteiger partial charge is 0.491 e. The Kier molecular flexibility index (Phi) is 4.77. The lowest BCUT2D eigenvalue weighted by molar-refractivity contribution is 0.00578. The highest BCUT2D eigenvalue weighted by molar-refractivity contribution is 6.55. The summed E-state index contributed by atoms with van der Waals surface area (Å²) in [7, 11) is -0.509. The van der Waals surface area contributed by atoms with Crippen LogP contribution in [0, 0.1) is 5.82 Å². The molecule has 0 aromatic heterocycles. The second-order valence-electron chi connectivity index (χ2n) is 6.56. The Balaban J connectivity index is 2.34. The molecule has 1 aliphatic rings. The number of hydrogen-bond donors (Lipinski definition) is 2. The molecule has 0 atom stereocenters. The molecule has 1 saturated heterocycles. The molecule has 22 heavy (non-hydrogen) atoms. The first-order chi connectivity index (χ1) is 10.2. The molecule has 1 fully saturated rings. The highest BCUT2D eigenvalue weighted by Crippen LogP contribution is 2.38. The second-order valence-corrected chi connectivity index (χ2v) is 6.56. The maximum absolute atomic E-state index is 13.3. The van der Waals surface area contributed by atoms with Crippen molar-refractivity contribution in [2.24, 2.45) is 11.5 Å². The van der Waals surface area contributed by atoms with Crippen LogP contribution in [0.1, 0.15) is 38.8 Å². The summed E-state index contributed by atoms with van der Waals surface area (Å²) >= 11 is 0. The van der Waals surface area contributed by atoms with Gasteiger partial charge in [-0.25, -0.2) is 4.39 Å². The van der Waals surface area contributed by atoms with Crippen LogP contribution in [0.4, 0.5) is 4.39 Å². The standard InChI is InChI=1S/C16H24BFN2O2/c1-15(2)16(3,4)22-17(21-15)13(10-20)7-11-5-6-14(18)8-12(11)9-19/h5-8H,9-10,19-20H2,1-4H3. The Morgan fingerprint density at radius 2 is 1.77 bits per heavy atom. The highest BCUT2D eigenvalue weighted by Gasteiger charge is 2.52. The number of rotatable bonds is 4. The molecule has 4 N–H and O–H groups in total. The average Bonchev–Trinajstić information content (AvgIpc) is 2.65. The molecular weight excluding hydrogens is 282 g/mol. The van der Waals surface area contributed by atoms with Gasteiger partial charge in [-0.2, -0.15) is 0 Å². The quantitative estimate of drug-likeness (QED) is 0.837. The van der Waals surface area contributed by atoms with E-state index < -0.39 is 18.3 Å². The first-order valence-corrected chi connectivity index (χ1v) is 7.45.